The molecule has 0 saturated heterocycles. The third-order valence-corrected chi connectivity index (χ3v) is 2.02. The Kier molecular flexibility index (Phi) is 2.63. The van der Waals surface area contributed by atoms with E-state index in [-0.39, 0.29) is 11.4 Å². The van der Waals surface area contributed by atoms with Crippen molar-refractivity contribution in [3.63, 3.8) is 0 Å². The molecule has 0 amide bonds. The van der Waals surface area contributed by atoms with E-state index in [0.717, 1.165) is 0 Å². The number of anilines is 1. The molecule has 0 atom stereocenters. The predicted molar refractivity (Wildman–Crippen MR) is 57.7 cm³/mol. The molecule has 2 aromatic rings. The van der Waals surface area contributed by atoms with Gasteiger partial charge < -0.3 is 10.5 Å². The Morgan fingerprint density at radius 2 is 2.38 bits per heavy atom. The molecule has 0 radical (unpaired) electrons. The number of aromatic nitrogens is 3. The zero-order chi connectivity index (χ0) is 11.5. The smallest absolute Gasteiger partial charge is 0.341 e. The SMILES string of the molecule is CCOC(=O)c1cc2cncnc2nc1N. The van der Waals surface area contributed by atoms with Crippen LogP contribution in [0.4, 0.5) is 5.82 Å². The van der Waals surface area contributed by atoms with Gasteiger partial charge >= 0.3 is 5.97 Å². The van der Waals surface area contributed by atoms with Crippen LogP contribution in [0.5, 0.6) is 0 Å². The molecule has 2 aromatic heterocycles. The molecular weight excluding hydrogens is 208 g/mol. The maximum atomic E-state index is 11.5. The summed E-state index contributed by atoms with van der Waals surface area (Å²) in [5, 5.41) is 0.653. The normalized spacial score (nSPS) is 10.3. The summed E-state index contributed by atoms with van der Waals surface area (Å²) in [4.78, 5) is 23.3. The van der Waals surface area contributed by atoms with E-state index < -0.39 is 5.97 Å². The predicted octanol–water partition coefficient (Wildman–Crippen LogP) is 0.784. The van der Waals surface area contributed by atoms with Crippen molar-refractivity contribution in [3.8, 4) is 0 Å². The largest absolute Gasteiger partial charge is 0.462 e. The van der Waals surface area contributed by atoms with E-state index in [4.69, 9.17) is 10.5 Å². The van der Waals surface area contributed by atoms with Gasteiger partial charge in [0.2, 0.25) is 0 Å². The van der Waals surface area contributed by atoms with Crippen molar-refractivity contribution in [3.05, 3.63) is 24.2 Å². The average Bonchev–Trinajstić information content (AvgIpc) is 2.28. The van der Waals surface area contributed by atoms with E-state index in [1.54, 1.807) is 19.2 Å². The maximum Gasteiger partial charge on any atom is 0.341 e. The lowest BCUT2D eigenvalue weighted by Gasteiger charge is -2.05. The van der Waals surface area contributed by atoms with Crippen LogP contribution in [0.15, 0.2) is 18.6 Å². The molecule has 82 valence electrons. The molecule has 0 spiro atoms. The number of carbonyl (C=O) groups excluding carboxylic acids is 1. The fourth-order valence-corrected chi connectivity index (χ4v) is 1.31. The van der Waals surface area contributed by atoms with Crippen LogP contribution in [0.1, 0.15) is 17.3 Å². The van der Waals surface area contributed by atoms with E-state index in [2.05, 4.69) is 15.0 Å². The van der Waals surface area contributed by atoms with Crippen molar-refractivity contribution in [2.75, 3.05) is 12.3 Å². The molecule has 2 N–H and O–H groups in total. The molecule has 2 rings (SSSR count). The van der Waals surface area contributed by atoms with Crippen LogP contribution in [0.2, 0.25) is 0 Å². The van der Waals surface area contributed by atoms with E-state index in [0.29, 0.717) is 17.6 Å². The summed E-state index contributed by atoms with van der Waals surface area (Å²) < 4.78 is 4.86. The minimum Gasteiger partial charge on any atom is -0.462 e. The van der Waals surface area contributed by atoms with Gasteiger partial charge in [0.15, 0.2) is 5.65 Å². The summed E-state index contributed by atoms with van der Waals surface area (Å²) in [6, 6.07) is 1.58. The number of pyridine rings is 1. The van der Waals surface area contributed by atoms with Crippen LogP contribution in [-0.2, 0) is 4.74 Å². The monoisotopic (exact) mass is 218 g/mol. The first-order valence-corrected chi connectivity index (χ1v) is 4.75. The number of esters is 1. The van der Waals surface area contributed by atoms with Gasteiger partial charge in [-0.05, 0) is 13.0 Å². The molecule has 0 aliphatic heterocycles. The highest BCUT2D eigenvalue weighted by molar-refractivity contribution is 5.97. The number of fused-ring (bicyclic) bond motifs is 1. The Morgan fingerprint density at radius 1 is 1.56 bits per heavy atom. The molecule has 0 fully saturated rings. The van der Waals surface area contributed by atoms with Gasteiger partial charge in [-0.2, -0.15) is 0 Å². The topological polar surface area (TPSA) is 91.0 Å². The van der Waals surface area contributed by atoms with Gasteiger partial charge in [0, 0.05) is 11.6 Å². The molecule has 0 unspecified atom stereocenters. The first-order chi connectivity index (χ1) is 7.72. The first-order valence-electron chi connectivity index (χ1n) is 4.75. The minimum atomic E-state index is -0.488. The van der Waals surface area contributed by atoms with E-state index in [1.165, 1.54) is 6.33 Å². The van der Waals surface area contributed by atoms with Gasteiger partial charge in [-0.15, -0.1) is 0 Å². The van der Waals surface area contributed by atoms with Gasteiger partial charge in [0.25, 0.3) is 0 Å². The highest BCUT2D eigenvalue weighted by atomic mass is 16.5. The van der Waals surface area contributed by atoms with Crippen molar-refractivity contribution in [2.45, 2.75) is 6.92 Å². The van der Waals surface area contributed by atoms with Crippen LogP contribution >= 0.6 is 0 Å². The summed E-state index contributed by atoms with van der Waals surface area (Å²) in [6.45, 7) is 2.02. The van der Waals surface area contributed by atoms with Crippen molar-refractivity contribution in [1.82, 2.24) is 15.0 Å². The highest BCUT2D eigenvalue weighted by Crippen LogP contribution is 2.16. The average molecular weight is 218 g/mol. The number of hydrogen-bond acceptors (Lipinski definition) is 6. The summed E-state index contributed by atoms with van der Waals surface area (Å²) in [5.74, 6) is -0.372. The quantitative estimate of drug-likeness (QED) is 0.749. The third kappa shape index (κ3) is 1.77. The molecule has 16 heavy (non-hydrogen) atoms. The molecule has 0 aliphatic carbocycles. The molecular formula is C10H10N4O2. The van der Waals surface area contributed by atoms with Gasteiger partial charge in [-0.25, -0.2) is 19.7 Å². The molecule has 0 saturated carbocycles. The Labute approximate surface area is 91.5 Å². The molecule has 0 aromatic carbocycles. The van der Waals surface area contributed by atoms with Crippen molar-refractivity contribution >= 4 is 22.8 Å². The number of nitrogens with zero attached hydrogens (tertiary/aromatic N) is 3. The van der Waals surface area contributed by atoms with Crippen molar-refractivity contribution in [2.24, 2.45) is 0 Å². The molecule has 6 nitrogen and oxygen atoms in total. The summed E-state index contributed by atoms with van der Waals surface area (Å²) >= 11 is 0. The first kappa shape index (κ1) is 10.3. The van der Waals surface area contributed by atoms with Crippen LogP contribution in [0.3, 0.4) is 0 Å². The number of hydrogen-bond donors (Lipinski definition) is 1. The van der Waals surface area contributed by atoms with Crippen molar-refractivity contribution < 1.29 is 9.53 Å². The number of nitrogens with two attached hydrogens (primary N) is 1. The molecule has 0 aliphatic rings. The second kappa shape index (κ2) is 4.09. The fraction of sp³-hybridized carbons (Fsp3) is 0.200. The van der Waals surface area contributed by atoms with E-state index in [1.807, 2.05) is 0 Å². The van der Waals surface area contributed by atoms with Crippen LogP contribution in [0.25, 0.3) is 11.0 Å². The highest BCUT2D eigenvalue weighted by Gasteiger charge is 2.13. The van der Waals surface area contributed by atoms with Gasteiger partial charge in [-0.1, -0.05) is 0 Å². The van der Waals surface area contributed by atoms with Gasteiger partial charge in [0.05, 0.1) is 6.61 Å². The zero-order valence-electron chi connectivity index (χ0n) is 8.67. The number of nitrogen functional groups attached to an aromatic ring is 1. The summed E-state index contributed by atoms with van der Waals surface area (Å²) in [5.41, 5.74) is 6.34. The minimum absolute atomic E-state index is 0.115. The van der Waals surface area contributed by atoms with Crippen LogP contribution in [-0.4, -0.2) is 27.5 Å². The lowest BCUT2D eigenvalue weighted by Crippen LogP contribution is -2.09. The lowest BCUT2D eigenvalue weighted by molar-refractivity contribution is 0.0527. The second-order valence-corrected chi connectivity index (χ2v) is 3.08. The molecule has 2 heterocycles. The number of ether oxygens (including phenoxy) is 1. The summed E-state index contributed by atoms with van der Waals surface area (Å²) in [6.07, 6.45) is 2.94. The Hall–Kier alpha value is -2.24. The number of carbonyl (C=O) groups is 1. The lowest BCUT2D eigenvalue weighted by atomic mass is 10.2. The van der Waals surface area contributed by atoms with Crippen LogP contribution < -0.4 is 5.73 Å². The van der Waals surface area contributed by atoms with E-state index >= 15 is 0 Å². The standard InChI is InChI=1S/C10H10N4O2/c1-2-16-10(15)7-3-6-4-12-5-13-9(6)14-8(7)11/h3-5H,2H2,1H3,(H2,11,12,13,14). The van der Waals surface area contributed by atoms with Crippen LogP contribution in [0, 0.1) is 0 Å². The van der Waals surface area contributed by atoms with Crippen molar-refractivity contribution in [1.29, 1.82) is 0 Å². The number of rotatable bonds is 2. The maximum absolute atomic E-state index is 11.5. The third-order valence-electron chi connectivity index (χ3n) is 2.02. The van der Waals surface area contributed by atoms with Gasteiger partial charge in [-0.3, -0.25) is 0 Å². The molecule has 6 heteroatoms. The Balaban J connectivity index is 2.54. The van der Waals surface area contributed by atoms with Gasteiger partial charge in [0.1, 0.15) is 17.7 Å². The molecule has 0 bridgehead atoms. The summed E-state index contributed by atoms with van der Waals surface area (Å²) in [7, 11) is 0. The second-order valence-electron chi connectivity index (χ2n) is 3.08. The zero-order valence-corrected chi connectivity index (χ0v) is 8.67. The Morgan fingerprint density at radius 3 is 3.12 bits per heavy atom. The Bertz CT molecular complexity index is 541. The fourth-order valence-electron chi connectivity index (χ4n) is 1.31. The van der Waals surface area contributed by atoms with E-state index in [9.17, 15) is 4.79 Å².